The molecule has 2 N–H and O–H groups in total. The average molecular weight is 425 g/mol. The normalized spacial score (nSPS) is 17.6. The van der Waals surface area contributed by atoms with Crippen molar-refractivity contribution in [3.05, 3.63) is 35.6 Å². The molecule has 1 aromatic carbocycles. The Kier molecular flexibility index (Phi) is 6.17. The van der Waals surface area contributed by atoms with E-state index in [0.717, 1.165) is 0 Å². The summed E-state index contributed by atoms with van der Waals surface area (Å²) in [4.78, 5) is 27.0. The van der Waals surface area contributed by atoms with Gasteiger partial charge in [0, 0.05) is 62.2 Å². The first-order chi connectivity index (χ1) is 13.3. The summed E-state index contributed by atoms with van der Waals surface area (Å²) >= 11 is 6.21. The molecule has 0 aliphatic carbocycles. The van der Waals surface area contributed by atoms with Crippen molar-refractivity contribution in [2.24, 2.45) is 0 Å². The summed E-state index contributed by atoms with van der Waals surface area (Å²) in [5, 5.41) is 6.75. The number of halogens is 1. The van der Waals surface area contributed by atoms with Crippen molar-refractivity contribution in [3.8, 4) is 0 Å². The highest BCUT2D eigenvalue weighted by Crippen LogP contribution is 2.32. The molecule has 8 nitrogen and oxygen atoms in total. The zero-order chi connectivity index (χ0) is 20.3. The molecule has 2 heterocycles. The number of nitrogens with zero attached hydrogens (tertiary/aromatic N) is 2. The maximum absolute atomic E-state index is 13.2. The largest absolute Gasteiger partial charge is 0.356 e. The summed E-state index contributed by atoms with van der Waals surface area (Å²) in [5.41, 5.74) is 0. The van der Waals surface area contributed by atoms with E-state index in [2.05, 4.69) is 15.6 Å². The molecule has 1 atom stereocenters. The molecule has 2 amide bonds. The lowest BCUT2D eigenvalue weighted by atomic mass is 10.2. The third-order valence-corrected chi connectivity index (χ3v) is 6.75. The third kappa shape index (κ3) is 4.43. The van der Waals surface area contributed by atoms with Gasteiger partial charge in [-0.05, 0) is 12.5 Å². The smallest absolute Gasteiger partial charge is 0.243 e. The van der Waals surface area contributed by atoms with Crippen LogP contribution in [0.25, 0.3) is 10.8 Å². The lowest BCUT2D eigenvalue weighted by molar-refractivity contribution is -0.122. The quantitative estimate of drug-likeness (QED) is 0.726. The number of sulfonamides is 1. The molecule has 0 spiro atoms. The van der Waals surface area contributed by atoms with Crippen LogP contribution in [0.5, 0.6) is 0 Å². The van der Waals surface area contributed by atoms with Gasteiger partial charge in [0.15, 0.2) is 0 Å². The molecule has 1 saturated heterocycles. The summed E-state index contributed by atoms with van der Waals surface area (Å²) in [6, 6.07) is 4.68. The second kappa shape index (κ2) is 8.42. The van der Waals surface area contributed by atoms with Crippen molar-refractivity contribution in [2.75, 3.05) is 19.6 Å². The Morgan fingerprint density at radius 2 is 2.11 bits per heavy atom. The van der Waals surface area contributed by atoms with Gasteiger partial charge in [-0.2, -0.15) is 4.31 Å². The van der Waals surface area contributed by atoms with Crippen LogP contribution < -0.4 is 10.6 Å². The molecule has 1 aliphatic rings. The maximum Gasteiger partial charge on any atom is 0.243 e. The predicted octanol–water partition coefficient (Wildman–Crippen LogP) is 1.29. The Bertz CT molecular complexity index is 1010. The number of carbonyl (C=O) groups is 2. The zero-order valence-corrected chi connectivity index (χ0v) is 16.9. The van der Waals surface area contributed by atoms with Crippen molar-refractivity contribution in [3.63, 3.8) is 0 Å². The topological polar surface area (TPSA) is 108 Å². The van der Waals surface area contributed by atoms with Crippen LogP contribution >= 0.6 is 11.6 Å². The van der Waals surface area contributed by atoms with Crippen LogP contribution in [-0.4, -0.2) is 55.2 Å². The second-order valence-electron chi connectivity index (χ2n) is 6.62. The van der Waals surface area contributed by atoms with Gasteiger partial charge in [-0.25, -0.2) is 8.42 Å². The fourth-order valence-electron chi connectivity index (χ4n) is 3.23. The number of fused-ring (bicyclic) bond motifs is 1. The van der Waals surface area contributed by atoms with Crippen molar-refractivity contribution in [1.29, 1.82) is 0 Å². The summed E-state index contributed by atoms with van der Waals surface area (Å²) in [6.07, 6.45) is 3.66. The molecule has 150 valence electrons. The number of carbonyl (C=O) groups excluding carboxylic acids is 2. The molecule has 2 aromatic rings. The summed E-state index contributed by atoms with van der Waals surface area (Å²) in [6.45, 7) is 2.12. The number of benzene rings is 1. The van der Waals surface area contributed by atoms with Crippen molar-refractivity contribution in [2.45, 2.75) is 30.7 Å². The highest BCUT2D eigenvalue weighted by atomic mass is 35.5. The van der Waals surface area contributed by atoms with E-state index in [1.54, 1.807) is 18.3 Å². The van der Waals surface area contributed by atoms with Crippen LogP contribution in [-0.2, 0) is 19.6 Å². The van der Waals surface area contributed by atoms with Crippen molar-refractivity contribution >= 4 is 44.2 Å². The SMILES string of the molecule is CC(=O)NCCC(=O)N[C@@H]1CCN(S(=O)(=O)c2cccc3cncc(Cl)c23)C1. The molecule has 28 heavy (non-hydrogen) atoms. The molecule has 3 rings (SSSR count). The second-order valence-corrected chi connectivity index (χ2v) is 8.94. The van der Waals surface area contributed by atoms with E-state index < -0.39 is 10.0 Å². The minimum atomic E-state index is -3.77. The lowest BCUT2D eigenvalue weighted by Gasteiger charge is -2.18. The van der Waals surface area contributed by atoms with Crippen molar-refractivity contribution < 1.29 is 18.0 Å². The first-order valence-corrected chi connectivity index (χ1v) is 10.7. The van der Waals surface area contributed by atoms with Gasteiger partial charge in [0.2, 0.25) is 21.8 Å². The van der Waals surface area contributed by atoms with Gasteiger partial charge in [-0.3, -0.25) is 14.6 Å². The van der Waals surface area contributed by atoms with Crippen LogP contribution in [0.1, 0.15) is 19.8 Å². The molecule has 10 heteroatoms. The van der Waals surface area contributed by atoms with Gasteiger partial charge in [0.05, 0.1) is 9.92 Å². The molecule has 0 saturated carbocycles. The molecular formula is C18H21ClN4O4S. The van der Waals surface area contributed by atoms with E-state index in [0.29, 0.717) is 23.7 Å². The molecule has 0 unspecified atom stereocenters. The van der Waals surface area contributed by atoms with E-state index in [-0.39, 0.29) is 47.3 Å². The molecule has 1 fully saturated rings. The minimum Gasteiger partial charge on any atom is -0.356 e. The number of nitrogens with one attached hydrogen (secondary N) is 2. The standard InChI is InChI=1S/C18H21ClN4O4S/c1-12(24)21-7-5-17(25)22-14-6-8-23(11-14)28(26,27)16-4-2-3-13-9-20-10-15(19)18(13)16/h2-4,9-10,14H,5-8,11H2,1H3,(H,21,24)(H,22,25)/t14-/m1/s1. The third-order valence-electron chi connectivity index (χ3n) is 4.56. The number of amides is 2. The van der Waals surface area contributed by atoms with Crippen LogP contribution in [0.2, 0.25) is 5.02 Å². The van der Waals surface area contributed by atoms with Crippen LogP contribution in [0.15, 0.2) is 35.5 Å². The number of rotatable bonds is 6. The number of hydrogen-bond acceptors (Lipinski definition) is 5. The average Bonchev–Trinajstić information content (AvgIpc) is 3.10. The van der Waals surface area contributed by atoms with Gasteiger partial charge in [-0.1, -0.05) is 23.7 Å². The maximum atomic E-state index is 13.2. The van der Waals surface area contributed by atoms with E-state index >= 15 is 0 Å². The predicted molar refractivity (Wildman–Crippen MR) is 105 cm³/mol. The fourth-order valence-corrected chi connectivity index (χ4v) is 5.29. The number of aromatic nitrogens is 1. The Balaban J connectivity index is 1.71. The van der Waals surface area contributed by atoms with Gasteiger partial charge >= 0.3 is 0 Å². The van der Waals surface area contributed by atoms with Crippen LogP contribution in [0, 0.1) is 0 Å². The van der Waals surface area contributed by atoms with Gasteiger partial charge in [-0.15, -0.1) is 0 Å². The summed E-state index contributed by atoms with van der Waals surface area (Å²) in [5.74, 6) is -0.424. The van der Waals surface area contributed by atoms with E-state index in [1.807, 2.05) is 0 Å². The van der Waals surface area contributed by atoms with Crippen LogP contribution in [0.3, 0.4) is 0 Å². The molecule has 0 radical (unpaired) electrons. The van der Waals surface area contributed by atoms with Crippen molar-refractivity contribution in [1.82, 2.24) is 19.9 Å². The number of hydrogen-bond donors (Lipinski definition) is 2. The van der Waals surface area contributed by atoms with E-state index in [9.17, 15) is 18.0 Å². The summed E-state index contributed by atoms with van der Waals surface area (Å²) in [7, 11) is -3.77. The monoisotopic (exact) mass is 424 g/mol. The molecular weight excluding hydrogens is 404 g/mol. The first kappa shape index (κ1) is 20.5. The molecule has 0 bridgehead atoms. The highest BCUT2D eigenvalue weighted by molar-refractivity contribution is 7.89. The molecule has 1 aromatic heterocycles. The van der Waals surface area contributed by atoms with Gasteiger partial charge in [0.1, 0.15) is 0 Å². The van der Waals surface area contributed by atoms with Gasteiger partial charge < -0.3 is 10.6 Å². The minimum absolute atomic E-state index is 0.134. The fraction of sp³-hybridized carbons (Fsp3) is 0.389. The van der Waals surface area contributed by atoms with E-state index in [1.165, 1.54) is 23.5 Å². The van der Waals surface area contributed by atoms with Gasteiger partial charge in [0.25, 0.3) is 0 Å². The Morgan fingerprint density at radius 1 is 1.32 bits per heavy atom. The Labute approximate surface area is 168 Å². The van der Waals surface area contributed by atoms with Crippen LogP contribution in [0.4, 0.5) is 0 Å². The Morgan fingerprint density at radius 3 is 2.86 bits per heavy atom. The molecule has 1 aliphatic heterocycles. The Hall–Kier alpha value is -2.23. The van der Waals surface area contributed by atoms with E-state index in [4.69, 9.17) is 11.6 Å². The zero-order valence-electron chi connectivity index (χ0n) is 15.3. The summed E-state index contributed by atoms with van der Waals surface area (Å²) < 4.78 is 27.7. The lowest BCUT2D eigenvalue weighted by Crippen LogP contribution is -2.39. The first-order valence-electron chi connectivity index (χ1n) is 8.85. The highest BCUT2D eigenvalue weighted by Gasteiger charge is 2.34. The number of pyridine rings is 1.